The number of aryl methyl sites for hydroxylation is 1. The third kappa shape index (κ3) is 3.68. The zero-order valence-electron chi connectivity index (χ0n) is 11.3. The summed E-state index contributed by atoms with van der Waals surface area (Å²) >= 11 is 6.35. The minimum Gasteiger partial charge on any atom is -0.207 e. The van der Waals surface area contributed by atoms with Gasteiger partial charge in [-0.15, -0.1) is 11.6 Å². The zero-order chi connectivity index (χ0) is 13.7. The summed E-state index contributed by atoms with van der Waals surface area (Å²) < 4.78 is 27.4. The molecule has 0 aromatic heterocycles. The highest BCUT2D eigenvalue weighted by atomic mass is 35.5. The fourth-order valence-electron chi connectivity index (χ4n) is 2.31. The Labute approximate surface area is 113 Å². The Kier molecular flexibility index (Phi) is 6.07. The van der Waals surface area contributed by atoms with Crippen LogP contribution in [0.1, 0.15) is 56.0 Å². The van der Waals surface area contributed by atoms with E-state index < -0.39 is 11.2 Å². The molecule has 102 valence electrons. The van der Waals surface area contributed by atoms with Crippen LogP contribution in [0.2, 0.25) is 0 Å². The van der Waals surface area contributed by atoms with Crippen molar-refractivity contribution in [2.45, 2.75) is 51.8 Å². The van der Waals surface area contributed by atoms with Gasteiger partial charge in [-0.2, -0.15) is 0 Å². The molecule has 1 rings (SSSR count). The van der Waals surface area contributed by atoms with Crippen molar-refractivity contribution < 1.29 is 8.78 Å². The molecule has 0 spiro atoms. The minimum absolute atomic E-state index is 0.207. The summed E-state index contributed by atoms with van der Waals surface area (Å²) in [6.45, 7) is 5.72. The third-order valence-electron chi connectivity index (χ3n) is 3.31. The van der Waals surface area contributed by atoms with Gasteiger partial charge in [-0.25, -0.2) is 8.78 Å². The summed E-state index contributed by atoms with van der Waals surface area (Å²) in [5.74, 6) is -0.576. The Morgan fingerprint density at radius 1 is 1.06 bits per heavy atom. The van der Waals surface area contributed by atoms with Crippen molar-refractivity contribution in [2.24, 2.45) is 5.92 Å². The van der Waals surface area contributed by atoms with E-state index in [-0.39, 0.29) is 11.7 Å². The van der Waals surface area contributed by atoms with Gasteiger partial charge in [0.25, 0.3) is 0 Å². The van der Waals surface area contributed by atoms with E-state index in [1.165, 1.54) is 12.1 Å². The Morgan fingerprint density at radius 2 is 1.61 bits per heavy atom. The van der Waals surface area contributed by atoms with Gasteiger partial charge in [0.05, 0.1) is 5.38 Å². The van der Waals surface area contributed by atoms with Crippen molar-refractivity contribution in [1.29, 1.82) is 0 Å². The van der Waals surface area contributed by atoms with Crippen LogP contribution in [-0.2, 0) is 0 Å². The highest BCUT2D eigenvalue weighted by Crippen LogP contribution is 2.37. The SMILES string of the molecule is CCCC(CCC)C(Cl)c1cc(F)c(C)cc1F. The molecular weight excluding hydrogens is 254 g/mol. The maximum atomic E-state index is 13.9. The molecule has 0 radical (unpaired) electrons. The van der Waals surface area contributed by atoms with Crippen LogP contribution in [-0.4, -0.2) is 0 Å². The molecule has 0 amide bonds. The number of alkyl halides is 1. The first-order chi connectivity index (χ1) is 8.51. The molecule has 0 N–H and O–H groups in total. The van der Waals surface area contributed by atoms with Crippen LogP contribution in [0.5, 0.6) is 0 Å². The second kappa shape index (κ2) is 7.08. The van der Waals surface area contributed by atoms with Gasteiger partial charge < -0.3 is 0 Å². The van der Waals surface area contributed by atoms with Crippen molar-refractivity contribution in [2.75, 3.05) is 0 Å². The van der Waals surface area contributed by atoms with Crippen LogP contribution >= 0.6 is 11.6 Å². The molecule has 1 aromatic rings. The van der Waals surface area contributed by atoms with Crippen LogP contribution in [0, 0.1) is 24.5 Å². The van der Waals surface area contributed by atoms with E-state index in [0.717, 1.165) is 25.7 Å². The second-order valence-electron chi connectivity index (χ2n) is 4.86. The molecule has 0 saturated carbocycles. The molecular formula is C15H21ClF2. The first-order valence-corrected chi connectivity index (χ1v) is 7.04. The lowest BCUT2D eigenvalue weighted by Crippen LogP contribution is -2.10. The first-order valence-electron chi connectivity index (χ1n) is 6.60. The van der Waals surface area contributed by atoms with Crippen LogP contribution in [0.25, 0.3) is 0 Å². The summed E-state index contributed by atoms with van der Waals surface area (Å²) in [6, 6.07) is 2.48. The van der Waals surface area contributed by atoms with Crippen molar-refractivity contribution in [3.05, 3.63) is 34.9 Å². The van der Waals surface area contributed by atoms with Crippen LogP contribution in [0.3, 0.4) is 0 Å². The fourth-order valence-corrected chi connectivity index (χ4v) is 2.72. The molecule has 0 aliphatic heterocycles. The predicted octanol–water partition coefficient (Wildman–Crippen LogP) is 5.77. The van der Waals surface area contributed by atoms with Gasteiger partial charge in [0.1, 0.15) is 11.6 Å². The molecule has 0 heterocycles. The van der Waals surface area contributed by atoms with Crippen molar-refractivity contribution in [1.82, 2.24) is 0 Å². The van der Waals surface area contributed by atoms with Gasteiger partial charge >= 0.3 is 0 Å². The highest BCUT2D eigenvalue weighted by molar-refractivity contribution is 6.21. The Morgan fingerprint density at radius 3 is 2.11 bits per heavy atom. The summed E-state index contributed by atoms with van der Waals surface area (Å²) in [5, 5.41) is -0.444. The highest BCUT2D eigenvalue weighted by Gasteiger charge is 2.23. The molecule has 1 unspecified atom stereocenters. The lowest BCUT2D eigenvalue weighted by Gasteiger charge is -2.22. The van der Waals surface area contributed by atoms with Crippen molar-refractivity contribution in [3.8, 4) is 0 Å². The third-order valence-corrected chi connectivity index (χ3v) is 3.90. The topological polar surface area (TPSA) is 0 Å². The van der Waals surface area contributed by atoms with Gasteiger partial charge in [-0.05, 0) is 43.4 Å². The normalized spacial score (nSPS) is 13.1. The van der Waals surface area contributed by atoms with E-state index in [4.69, 9.17) is 11.6 Å². The number of benzene rings is 1. The standard InChI is InChI=1S/C15H21ClF2/c1-4-6-11(7-5-2)15(16)12-9-13(17)10(3)8-14(12)18/h8-9,11,15H,4-7H2,1-3H3. The van der Waals surface area contributed by atoms with E-state index in [1.807, 2.05) is 0 Å². The van der Waals surface area contributed by atoms with Gasteiger partial charge in [0.2, 0.25) is 0 Å². The van der Waals surface area contributed by atoms with E-state index in [9.17, 15) is 8.78 Å². The summed E-state index contributed by atoms with van der Waals surface area (Å²) in [7, 11) is 0. The molecule has 1 atom stereocenters. The monoisotopic (exact) mass is 274 g/mol. The molecule has 1 aromatic carbocycles. The lowest BCUT2D eigenvalue weighted by molar-refractivity contribution is 0.416. The second-order valence-corrected chi connectivity index (χ2v) is 5.33. The molecule has 3 heteroatoms. The van der Waals surface area contributed by atoms with Crippen LogP contribution < -0.4 is 0 Å². The Bertz CT molecular complexity index is 384. The van der Waals surface area contributed by atoms with Gasteiger partial charge in [-0.3, -0.25) is 0 Å². The Hall–Kier alpha value is -0.630. The zero-order valence-corrected chi connectivity index (χ0v) is 12.0. The summed E-state index contributed by atoms with van der Waals surface area (Å²) in [5.41, 5.74) is 0.620. The lowest BCUT2D eigenvalue weighted by atomic mass is 9.90. The van der Waals surface area contributed by atoms with Crippen molar-refractivity contribution >= 4 is 11.6 Å². The van der Waals surface area contributed by atoms with Gasteiger partial charge in [0, 0.05) is 5.56 Å². The first kappa shape index (κ1) is 15.4. The molecule has 0 nitrogen and oxygen atoms in total. The van der Waals surface area contributed by atoms with Crippen molar-refractivity contribution in [3.63, 3.8) is 0 Å². The molecule has 0 bridgehead atoms. The van der Waals surface area contributed by atoms with E-state index in [2.05, 4.69) is 13.8 Å². The van der Waals surface area contributed by atoms with E-state index in [0.29, 0.717) is 11.1 Å². The maximum absolute atomic E-state index is 13.9. The number of hydrogen-bond acceptors (Lipinski definition) is 0. The van der Waals surface area contributed by atoms with E-state index in [1.54, 1.807) is 6.92 Å². The smallest absolute Gasteiger partial charge is 0.128 e. The quantitative estimate of drug-likeness (QED) is 0.578. The molecule has 0 fully saturated rings. The van der Waals surface area contributed by atoms with Gasteiger partial charge in [0.15, 0.2) is 0 Å². The molecule has 18 heavy (non-hydrogen) atoms. The Balaban J connectivity index is 3.00. The minimum atomic E-state index is -0.444. The largest absolute Gasteiger partial charge is 0.207 e. The number of rotatable bonds is 6. The molecule has 0 aliphatic rings. The summed E-state index contributed by atoms with van der Waals surface area (Å²) in [6.07, 6.45) is 3.89. The number of hydrogen-bond donors (Lipinski definition) is 0. The maximum Gasteiger partial charge on any atom is 0.128 e. The van der Waals surface area contributed by atoms with Crippen LogP contribution in [0.15, 0.2) is 12.1 Å². The van der Waals surface area contributed by atoms with Crippen LogP contribution in [0.4, 0.5) is 8.78 Å². The average Bonchev–Trinajstić information content (AvgIpc) is 2.33. The van der Waals surface area contributed by atoms with E-state index >= 15 is 0 Å². The fraction of sp³-hybridized carbons (Fsp3) is 0.600. The predicted molar refractivity (Wildman–Crippen MR) is 73.0 cm³/mol. The molecule has 0 aliphatic carbocycles. The van der Waals surface area contributed by atoms with Gasteiger partial charge in [-0.1, -0.05) is 26.7 Å². The molecule has 0 saturated heterocycles. The summed E-state index contributed by atoms with van der Waals surface area (Å²) in [4.78, 5) is 0. The average molecular weight is 275 g/mol. The number of halogens is 3.